The van der Waals surface area contributed by atoms with Crippen molar-refractivity contribution in [3.05, 3.63) is 63.1 Å². The molecule has 1 aliphatic rings. The molecule has 0 saturated carbocycles. The fourth-order valence-corrected chi connectivity index (χ4v) is 5.21. The van der Waals surface area contributed by atoms with E-state index in [0.29, 0.717) is 59.6 Å². The standard InChI is InChI=1S/C28H37Cl2F3N6O3/c1-18(17-42-3)37-35-15-20-12-21(28(31,32)33)5-7-25(20)38-8-10-39(11-9-38)27(41)24(36-26(40)16-34-2)13-19-4-6-22(29)14-23(19)30/h4-7,12,14,18,24,34-35,37H,8-11,13,15-17H2,1-3H3,(H,36,40)/t18?,24-/m1/s1. The Labute approximate surface area is 254 Å². The number of amides is 2. The molecule has 2 aromatic carbocycles. The number of hydrogen-bond acceptors (Lipinski definition) is 7. The summed E-state index contributed by atoms with van der Waals surface area (Å²) in [5.74, 6) is -0.606. The summed E-state index contributed by atoms with van der Waals surface area (Å²) in [5, 5.41) is 6.41. The smallest absolute Gasteiger partial charge is 0.383 e. The molecule has 42 heavy (non-hydrogen) atoms. The van der Waals surface area contributed by atoms with Crippen molar-refractivity contribution in [2.45, 2.75) is 38.1 Å². The number of anilines is 1. The van der Waals surface area contributed by atoms with Gasteiger partial charge in [0.05, 0.1) is 18.7 Å². The number of hydrogen-bond donors (Lipinski definition) is 4. The molecule has 0 bridgehead atoms. The third kappa shape index (κ3) is 9.72. The number of likely N-dealkylation sites (N-methyl/N-ethyl adjacent to an activating group) is 1. The van der Waals surface area contributed by atoms with Gasteiger partial charge in [-0.3, -0.25) is 20.4 Å². The first-order valence-corrected chi connectivity index (χ1v) is 14.3. The number of hydrazine groups is 1. The molecule has 232 valence electrons. The molecule has 0 aliphatic carbocycles. The second kappa shape index (κ2) is 15.7. The number of methoxy groups -OCH3 is 1. The minimum Gasteiger partial charge on any atom is -0.383 e. The highest BCUT2D eigenvalue weighted by molar-refractivity contribution is 6.35. The van der Waals surface area contributed by atoms with Gasteiger partial charge in [-0.05, 0) is 55.4 Å². The van der Waals surface area contributed by atoms with Crippen LogP contribution in [0.3, 0.4) is 0 Å². The van der Waals surface area contributed by atoms with Crippen molar-refractivity contribution in [3.63, 3.8) is 0 Å². The number of benzene rings is 2. The second-order valence-corrected chi connectivity index (χ2v) is 10.9. The zero-order valence-corrected chi connectivity index (χ0v) is 25.3. The van der Waals surface area contributed by atoms with Crippen LogP contribution in [0.4, 0.5) is 18.9 Å². The van der Waals surface area contributed by atoms with Crippen LogP contribution in [0.15, 0.2) is 36.4 Å². The highest BCUT2D eigenvalue weighted by atomic mass is 35.5. The lowest BCUT2D eigenvalue weighted by Gasteiger charge is -2.38. The van der Waals surface area contributed by atoms with Gasteiger partial charge in [-0.2, -0.15) is 13.2 Å². The molecule has 4 N–H and O–H groups in total. The molecule has 1 unspecified atom stereocenters. The van der Waals surface area contributed by atoms with E-state index in [-0.39, 0.29) is 37.4 Å². The Morgan fingerprint density at radius 3 is 2.38 bits per heavy atom. The van der Waals surface area contributed by atoms with Crippen molar-refractivity contribution in [2.75, 3.05) is 58.4 Å². The predicted molar refractivity (Wildman–Crippen MR) is 158 cm³/mol. The molecule has 1 heterocycles. The fourth-order valence-electron chi connectivity index (χ4n) is 4.73. The molecule has 9 nitrogen and oxygen atoms in total. The summed E-state index contributed by atoms with van der Waals surface area (Å²) in [5.41, 5.74) is 7.06. The molecule has 14 heteroatoms. The molecule has 2 amide bonds. The first-order chi connectivity index (χ1) is 19.9. The molecule has 2 aromatic rings. The van der Waals surface area contributed by atoms with Crippen LogP contribution in [-0.4, -0.2) is 82.3 Å². The first-order valence-electron chi connectivity index (χ1n) is 13.5. The van der Waals surface area contributed by atoms with Crippen LogP contribution in [0.1, 0.15) is 23.6 Å². The van der Waals surface area contributed by atoms with Crippen molar-refractivity contribution < 1.29 is 27.5 Å². The lowest BCUT2D eigenvalue weighted by atomic mass is 10.0. The van der Waals surface area contributed by atoms with E-state index >= 15 is 0 Å². The predicted octanol–water partition coefficient (Wildman–Crippen LogP) is 3.24. The van der Waals surface area contributed by atoms with Gasteiger partial charge in [0.25, 0.3) is 0 Å². The van der Waals surface area contributed by atoms with E-state index in [1.165, 1.54) is 6.07 Å². The zero-order chi connectivity index (χ0) is 30.9. The topological polar surface area (TPSA) is 98.0 Å². The third-order valence-electron chi connectivity index (χ3n) is 6.79. The maximum Gasteiger partial charge on any atom is 0.416 e. The van der Waals surface area contributed by atoms with Crippen molar-refractivity contribution in [2.24, 2.45) is 0 Å². The first kappa shape index (κ1) is 33.9. The lowest BCUT2D eigenvalue weighted by Crippen LogP contribution is -2.56. The van der Waals surface area contributed by atoms with Gasteiger partial charge in [0, 0.05) is 68.0 Å². The van der Waals surface area contributed by atoms with Crippen LogP contribution in [0, 0.1) is 0 Å². The van der Waals surface area contributed by atoms with Gasteiger partial charge in [-0.1, -0.05) is 29.3 Å². The number of rotatable bonds is 13. The Morgan fingerprint density at radius 1 is 1.05 bits per heavy atom. The average molecular weight is 634 g/mol. The monoisotopic (exact) mass is 632 g/mol. The lowest BCUT2D eigenvalue weighted by molar-refractivity contribution is -0.137. The van der Waals surface area contributed by atoms with Gasteiger partial charge in [0.2, 0.25) is 11.8 Å². The highest BCUT2D eigenvalue weighted by Crippen LogP contribution is 2.33. The van der Waals surface area contributed by atoms with E-state index in [1.54, 1.807) is 37.3 Å². The van der Waals surface area contributed by atoms with Crippen LogP contribution in [0.25, 0.3) is 0 Å². The number of carbonyl (C=O) groups excluding carboxylic acids is 2. The minimum atomic E-state index is -4.48. The highest BCUT2D eigenvalue weighted by Gasteiger charge is 2.33. The molecule has 0 radical (unpaired) electrons. The molecule has 0 aromatic heterocycles. The third-order valence-corrected chi connectivity index (χ3v) is 7.38. The maximum absolute atomic E-state index is 13.6. The van der Waals surface area contributed by atoms with Crippen molar-refractivity contribution in [1.82, 2.24) is 26.4 Å². The maximum atomic E-state index is 13.6. The van der Waals surface area contributed by atoms with E-state index in [4.69, 9.17) is 27.9 Å². The summed E-state index contributed by atoms with van der Waals surface area (Å²) in [6.45, 7) is 3.94. The number of ether oxygens (including phenoxy) is 1. The fraction of sp³-hybridized carbons (Fsp3) is 0.500. The molecule has 3 rings (SSSR count). The Balaban J connectivity index is 1.73. The SMILES string of the molecule is CNCC(=O)N[C@H](Cc1ccc(Cl)cc1Cl)C(=O)N1CCN(c2ccc(C(F)(F)F)cc2CNNC(C)COC)CC1. The summed E-state index contributed by atoms with van der Waals surface area (Å²) in [6, 6.07) is 7.75. The number of nitrogens with zero attached hydrogens (tertiary/aromatic N) is 2. The number of alkyl halides is 3. The van der Waals surface area contributed by atoms with E-state index < -0.39 is 17.8 Å². The van der Waals surface area contributed by atoms with Crippen LogP contribution < -0.4 is 26.4 Å². The largest absolute Gasteiger partial charge is 0.416 e. The van der Waals surface area contributed by atoms with Crippen LogP contribution in [0.5, 0.6) is 0 Å². The average Bonchev–Trinajstić information content (AvgIpc) is 2.93. The molecule has 1 fully saturated rings. The van der Waals surface area contributed by atoms with Gasteiger partial charge in [-0.25, -0.2) is 0 Å². The summed E-state index contributed by atoms with van der Waals surface area (Å²) < 4.78 is 45.5. The van der Waals surface area contributed by atoms with E-state index in [1.807, 2.05) is 11.8 Å². The molecular formula is C28H37Cl2F3N6O3. The summed E-state index contributed by atoms with van der Waals surface area (Å²) >= 11 is 12.4. The number of nitrogens with one attached hydrogen (secondary N) is 4. The van der Waals surface area contributed by atoms with E-state index in [2.05, 4.69) is 21.5 Å². The van der Waals surface area contributed by atoms with E-state index in [0.717, 1.165) is 12.1 Å². The van der Waals surface area contributed by atoms with Crippen LogP contribution in [0.2, 0.25) is 10.0 Å². The Hall–Kier alpha value is -2.61. The minimum absolute atomic E-state index is 0.0374. The zero-order valence-electron chi connectivity index (χ0n) is 23.8. The Kier molecular flexibility index (Phi) is 12.7. The number of carbonyl (C=O) groups is 2. The molecule has 2 atom stereocenters. The Bertz CT molecular complexity index is 1210. The normalized spacial score (nSPS) is 15.4. The van der Waals surface area contributed by atoms with Crippen LogP contribution in [-0.2, 0) is 33.5 Å². The van der Waals surface area contributed by atoms with Gasteiger partial charge in [0.15, 0.2) is 0 Å². The van der Waals surface area contributed by atoms with Crippen LogP contribution >= 0.6 is 23.2 Å². The number of piperazine rings is 1. The Morgan fingerprint density at radius 2 is 1.76 bits per heavy atom. The molecular weight excluding hydrogens is 596 g/mol. The quantitative estimate of drug-likeness (QED) is 0.252. The second-order valence-electron chi connectivity index (χ2n) is 10.1. The van der Waals surface area contributed by atoms with Gasteiger partial charge in [0.1, 0.15) is 6.04 Å². The summed E-state index contributed by atoms with van der Waals surface area (Å²) in [6.07, 6.45) is -4.30. The van der Waals surface area contributed by atoms with E-state index in [9.17, 15) is 22.8 Å². The van der Waals surface area contributed by atoms with Gasteiger partial charge < -0.3 is 25.2 Å². The van der Waals surface area contributed by atoms with Crippen molar-refractivity contribution in [1.29, 1.82) is 0 Å². The molecule has 0 spiro atoms. The van der Waals surface area contributed by atoms with Crippen molar-refractivity contribution in [3.8, 4) is 0 Å². The van der Waals surface area contributed by atoms with Gasteiger partial charge in [-0.15, -0.1) is 0 Å². The summed E-state index contributed by atoms with van der Waals surface area (Å²) in [7, 11) is 3.20. The molecule has 1 saturated heterocycles. The summed E-state index contributed by atoms with van der Waals surface area (Å²) in [4.78, 5) is 29.6. The van der Waals surface area contributed by atoms with Gasteiger partial charge >= 0.3 is 6.18 Å². The molecule has 1 aliphatic heterocycles. The van der Waals surface area contributed by atoms with Crippen molar-refractivity contribution >= 4 is 40.7 Å². The number of halogens is 5.